The normalized spacial score (nSPS) is 9.85. The van der Waals surface area contributed by atoms with Crippen molar-refractivity contribution in [1.82, 2.24) is 0 Å². The zero-order valence-electron chi connectivity index (χ0n) is 10.8. The van der Waals surface area contributed by atoms with Gasteiger partial charge in [-0.15, -0.1) is 5.26 Å². The summed E-state index contributed by atoms with van der Waals surface area (Å²) < 4.78 is 10.5. The average molecular weight is 290 g/mol. The molecule has 0 aliphatic heterocycles. The van der Waals surface area contributed by atoms with Gasteiger partial charge < -0.3 is 14.6 Å². The summed E-state index contributed by atoms with van der Waals surface area (Å²) in [6, 6.07) is 10.2. The Labute approximate surface area is 121 Å². The van der Waals surface area contributed by atoms with Gasteiger partial charge in [-0.3, -0.25) is 0 Å². The van der Waals surface area contributed by atoms with Crippen LogP contribution in [-0.4, -0.2) is 5.11 Å². The first-order valence-electron chi connectivity index (χ1n) is 5.87. The van der Waals surface area contributed by atoms with E-state index < -0.39 is 0 Å². The molecule has 0 atom stereocenters. The van der Waals surface area contributed by atoms with Gasteiger partial charge in [-0.2, -0.15) is 0 Å². The Morgan fingerprint density at radius 1 is 1.25 bits per heavy atom. The van der Waals surface area contributed by atoms with Gasteiger partial charge in [0.15, 0.2) is 0 Å². The van der Waals surface area contributed by atoms with Gasteiger partial charge in [0.05, 0.1) is 5.02 Å². The number of hydrogen-bond donors (Lipinski definition) is 1. The molecule has 0 spiro atoms. The average Bonchev–Trinajstić information content (AvgIpc) is 2.43. The fraction of sp³-hybridized carbons (Fsp3) is 0.133. The van der Waals surface area contributed by atoms with Crippen LogP contribution in [0.1, 0.15) is 11.1 Å². The Morgan fingerprint density at radius 3 is 2.75 bits per heavy atom. The van der Waals surface area contributed by atoms with Crippen LogP contribution in [0.3, 0.4) is 0 Å². The molecule has 5 heteroatoms. The van der Waals surface area contributed by atoms with E-state index in [1.807, 2.05) is 19.1 Å². The van der Waals surface area contributed by atoms with Gasteiger partial charge in [-0.05, 0) is 24.6 Å². The van der Waals surface area contributed by atoms with E-state index in [2.05, 4.69) is 0 Å². The number of rotatable bonds is 4. The molecule has 4 nitrogen and oxygen atoms in total. The predicted molar refractivity (Wildman–Crippen MR) is 74.9 cm³/mol. The van der Waals surface area contributed by atoms with E-state index in [0.717, 1.165) is 11.1 Å². The quantitative estimate of drug-likeness (QED) is 0.870. The summed E-state index contributed by atoms with van der Waals surface area (Å²) in [5.74, 6) is 1.04. The maximum absolute atomic E-state index is 9.48. The van der Waals surface area contributed by atoms with Crippen molar-refractivity contribution in [2.75, 3.05) is 0 Å². The molecule has 0 aliphatic rings. The van der Waals surface area contributed by atoms with Crippen molar-refractivity contribution in [3.63, 3.8) is 0 Å². The topological polar surface area (TPSA) is 62.5 Å². The summed E-state index contributed by atoms with van der Waals surface area (Å²) in [6.07, 6.45) is 1.64. The summed E-state index contributed by atoms with van der Waals surface area (Å²) in [6.45, 7) is 2.04. The van der Waals surface area contributed by atoms with Gasteiger partial charge in [0.1, 0.15) is 23.9 Å². The highest BCUT2D eigenvalue weighted by molar-refractivity contribution is 6.32. The van der Waals surface area contributed by atoms with E-state index in [-0.39, 0.29) is 17.4 Å². The van der Waals surface area contributed by atoms with Crippen LogP contribution in [0.4, 0.5) is 0 Å². The molecule has 0 saturated heterocycles. The zero-order valence-corrected chi connectivity index (χ0v) is 11.5. The number of halogens is 1. The first-order valence-corrected chi connectivity index (χ1v) is 6.25. The second kappa shape index (κ2) is 6.18. The molecular formula is C15H12ClNO3. The monoisotopic (exact) mass is 289 g/mol. The summed E-state index contributed by atoms with van der Waals surface area (Å²) in [5, 5.41) is 18.3. The summed E-state index contributed by atoms with van der Waals surface area (Å²) in [5.41, 5.74) is 1.52. The van der Waals surface area contributed by atoms with E-state index >= 15 is 0 Å². The van der Waals surface area contributed by atoms with Crippen molar-refractivity contribution in [1.29, 1.82) is 5.26 Å². The predicted octanol–water partition coefficient (Wildman–Crippen LogP) is 3.79. The molecule has 0 unspecified atom stereocenters. The Morgan fingerprint density at radius 2 is 2.00 bits per heavy atom. The van der Waals surface area contributed by atoms with Crippen molar-refractivity contribution in [2.45, 2.75) is 13.5 Å². The van der Waals surface area contributed by atoms with Gasteiger partial charge in [0.25, 0.3) is 6.26 Å². The Kier molecular flexibility index (Phi) is 4.34. The third-order valence-corrected chi connectivity index (χ3v) is 3.06. The molecule has 20 heavy (non-hydrogen) atoms. The molecule has 0 bridgehead atoms. The number of phenols is 1. The van der Waals surface area contributed by atoms with E-state index in [4.69, 9.17) is 26.3 Å². The van der Waals surface area contributed by atoms with Crippen molar-refractivity contribution >= 4 is 11.6 Å². The van der Waals surface area contributed by atoms with Crippen molar-refractivity contribution < 1.29 is 14.6 Å². The molecule has 0 aliphatic carbocycles. The van der Waals surface area contributed by atoms with Crippen molar-refractivity contribution in [2.24, 2.45) is 0 Å². The lowest BCUT2D eigenvalue weighted by molar-refractivity contribution is 0.298. The number of benzene rings is 2. The number of para-hydroxylation sites is 1. The third-order valence-electron chi connectivity index (χ3n) is 2.76. The van der Waals surface area contributed by atoms with E-state index in [1.54, 1.807) is 24.5 Å². The number of ether oxygens (including phenoxy) is 2. The molecule has 0 aromatic heterocycles. The number of phenolic OH excluding ortho intramolecular Hbond substituents is 1. The van der Waals surface area contributed by atoms with Crippen LogP contribution in [0, 0.1) is 18.4 Å². The number of nitriles is 1. The van der Waals surface area contributed by atoms with Gasteiger partial charge in [0, 0.05) is 11.6 Å². The molecular weight excluding hydrogens is 278 g/mol. The lowest BCUT2D eigenvalue weighted by atomic mass is 10.2. The summed E-state index contributed by atoms with van der Waals surface area (Å²) in [7, 11) is 0. The number of aromatic hydroxyl groups is 1. The molecule has 0 fully saturated rings. The molecule has 102 valence electrons. The van der Waals surface area contributed by atoms with E-state index in [0.29, 0.717) is 11.5 Å². The van der Waals surface area contributed by atoms with Crippen LogP contribution in [0.25, 0.3) is 0 Å². The van der Waals surface area contributed by atoms with Gasteiger partial charge in [-0.1, -0.05) is 29.8 Å². The Bertz CT molecular complexity index is 665. The van der Waals surface area contributed by atoms with Gasteiger partial charge in [-0.25, -0.2) is 0 Å². The van der Waals surface area contributed by atoms with Crippen LogP contribution in [0.2, 0.25) is 5.02 Å². The highest BCUT2D eigenvalue weighted by Gasteiger charge is 2.08. The minimum Gasteiger partial charge on any atom is -0.506 e. The van der Waals surface area contributed by atoms with Crippen molar-refractivity contribution in [3.8, 4) is 23.5 Å². The molecule has 1 N–H and O–H groups in total. The van der Waals surface area contributed by atoms with Crippen LogP contribution in [0.5, 0.6) is 17.2 Å². The molecule has 0 saturated carbocycles. The third kappa shape index (κ3) is 3.14. The van der Waals surface area contributed by atoms with Crippen LogP contribution in [-0.2, 0) is 6.61 Å². The fourth-order valence-electron chi connectivity index (χ4n) is 1.73. The molecule has 0 heterocycles. The lowest BCUT2D eigenvalue weighted by Gasteiger charge is -2.11. The molecule has 2 rings (SSSR count). The largest absolute Gasteiger partial charge is 0.506 e. The van der Waals surface area contributed by atoms with Crippen molar-refractivity contribution in [3.05, 3.63) is 52.5 Å². The van der Waals surface area contributed by atoms with E-state index in [9.17, 15) is 5.11 Å². The van der Waals surface area contributed by atoms with Crippen LogP contribution >= 0.6 is 11.6 Å². The number of aryl methyl sites for hydroxylation is 1. The van der Waals surface area contributed by atoms with Gasteiger partial charge in [0.2, 0.25) is 0 Å². The number of hydrogen-bond acceptors (Lipinski definition) is 4. The second-order valence-electron chi connectivity index (χ2n) is 4.16. The fourth-order valence-corrected chi connectivity index (χ4v) is 1.88. The maximum atomic E-state index is 9.48. The smallest absolute Gasteiger partial charge is 0.292 e. The maximum Gasteiger partial charge on any atom is 0.292 e. The lowest BCUT2D eigenvalue weighted by Crippen LogP contribution is -1.99. The molecule has 2 aromatic rings. The van der Waals surface area contributed by atoms with Gasteiger partial charge >= 0.3 is 0 Å². The SMILES string of the molecule is Cc1cc(O)c(Cl)cc1OCc1ccccc1OC#N. The molecule has 0 amide bonds. The van der Waals surface area contributed by atoms with Crippen LogP contribution < -0.4 is 9.47 Å². The van der Waals surface area contributed by atoms with Crippen LogP contribution in [0.15, 0.2) is 36.4 Å². The Balaban J connectivity index is 2.17. The highest BCUT2D eigenvalue weighted by atomic mass is 35.5. The molecule has 2 aromatic carbocycles. The first kappa shape index (κ1) is 14.0. The second-order valence-corrected chi connectivity index (χ2v) is 4.57. The summed E-state index contributed by atoms with van der Waals surface area (Å²) in [4.78, 5) is 0. The zero-order chi connectivity index (χ0) is 14.5. The van der Waals surface area contributed by atoms with E-state index in [1.165, 1.54) is 6.07 Å². The first-order chi connectivity index (χ1) is 9.61. The minimum absolute atomic E-state index is 0.0183. The number of nitrogens with zero attached hydrogens (tertiary/aromatic N) is 1. The summed E-state index contributed by atoms with van der Waals surface area (Å²) >= 11 is 5.85. The molecule has 0 radical (unpaired) electrons. The Hall–Kier alpha value is -2.38. The highest BCUT2D eigenvalue weighted by Crippen LogP contribution is 2.32. The standard InChI is InChI=1S/C15H12ClNO3/c1-10-6-13(18)12(16)7-15(10)19-8-11-4-2-3-5-14(11)20-9-17/h2-7,18H,8H2,1H3. The minimum atomic E-state index is 0.0183.